The number of hydrogen-bond acceptors (Lipinski definition) is 7. The van der Waals surface area contributed by atoms with Crippen LogP contribution in [0.1, 0.15) is 65.4 Å². The molecule has 3 aliphatic rings. The van der Waals surface area contributed by atoms with Gasteiger partial charge in [-0.15, -0.1) is 0 Å². The van der Waals surface area contributed by atoms with Gasteiger partial charge in [-0.3, -0.25) is 24.1 Å². The summed E-state index contributed by atoms with van der Waals surface area (Å²) in [6.07, 6.45) is 5.14. The highest BCUT2D eigenvalue weighted by atomic mass is 16.5. The Morgan fingerprint density at radius 1 is 1.16 bits per heavy atom. The number of nitrogens with one attached hydrogen (secondary N) is 2. The second-order valence-electron chi connectivity index (χ2n) is 12.7. The summed E-state index contributed by atoms with van der Waals surface area (Å²) in [5, 5.41) is 16.1. The molecule has 0 radical (unpaired) electrons. The smallest absolute Gasteiger partial charge is 0.249 e. The summed E-state index contributed by atoms with van der Waals surface area (Å²) in [5.74, 6) is -0.562. The largest absolute Gasteiger partial charge is 0.507 e. The molecule has 4 rings (SSSR count). The molecule has 4 amide bonds. The molecular weight excluding hydrogens is 550 g/mol. The van der Waals surface area contributed by atoms with Crippen molar-refractivity contribution in [2.45, 2.75) is 90.1 Å². The first-order valence-electron chi connectivity index (χ1n) is 15.5. The molecule has 2 saturated heterocycles. The zero-order valence-corrected chi connectivity index (χ0v) is 26.2. The molecule has 236 valence electrons. The molecule has 11 heteroatoms. The summed E-state index contributed by atoms with van der Waals surface area (Å²) >= 11 is 0. The number of fused-ring (bicyclic) bond motifs is 4. The molecule has 11 nitrogen and oxygen atoms in total. The summed E-state index contributed by atoms with van der Waals surface area (Å²) in [6.45, 7) is 8.70. The Morgan fingerprint density at radius 3 is 2.58 bits per heavy atom. The molecule has 2 fully saturated rings. The van der Waals surface area contributed by atoms with Gasteiger partial charge in [0.2, 0.25) is 23.6 Å². The lowest BCUT2D eigenvalue weighted by molar-refractivity contribution is -0.150. The summed E-state index contributed by atoms with van der Waals surface area (Å²) in [6, 6.07) is 1.87. The van der Waals surface area contributed by atoms with E-state index in [0.717, 1.165) is 6.42 Å². The van der Waals surface area contributed by atoms with Crippen molar-refractivity contribution in [3.8, 4) is 11.5 Å². The minimum Gasteiger partial charge on any atom is -0.507 e. The van der Waals surface area contributed by atoms with E-state index < -0.39 is 30.3 Å². The number of rotatable bonds is 8. The van der Waals surface area contributed by atoms with Crippen molar-refractivity contribution in [2.24, 2.45) is 11.8 Å². The van der Waals surface area contributed by atoms with E-state index in [1.165, 1.54) is 12.3 Å². The molecule has 1 aromatic rings. The Kier molecular flexibility index (Phi) is 10.4. The summed E-state index contributed by atoms with van der Waals surface area (Å²) in [4.78, 5) is 60.2. The van der Waals surface area contributed by atoms with Crippen molar-refractivity contribution in [3.63, 3.8) is 0 Å². The highest BCUT2D eigenvalue weighted by Gasteiger charge is 2.49. The first-order valence-corrected chi connectivity index (χ1v) is 15.5. The van der Waals surface area contributed by atoms with Gasteiger partial charge >= 0.3 is 0 Å². The van der Waals surface area contributed by atoms with Gasteiger partial charge in [0.15, 0.2) is 0 Å². The predicted octanol–water partition coefficient (Wildman–Crippen LogP) is 2.34. The van der Waals surface area contributed by atoms with E-state index >= 15 is 0 Å². The van der Waals surface area contributed by atoms with Crippen LogP contribution in [-0.4, -0.2) is 101 Å². The lowest BCUT2D eigenvalue weighted by atomic mass is 9.96. The van der Waals surface area contributed by atoms with E-state index in [-0.39, 0.29) is 47.8 Å². The molecule has 0 saturated carbocycles. The van der Waals surface area contributed by atoms with Gasteiger partial charge in [-0.05, 0) is 69.5 Å². The number of carbonyl (C=O) groups excluding carboxylic acids is 4. The lowest BCUT2D eigenvalue weighted by Crippen LogP contribution is -2.60. The Morgan fingerprint density at radius 2 is 1.91 bits per heavy atom. The Bertz CT molecular complexity index is 1230. The second-order valence-corrected chi connectivity index (χ2v) is 12.7. The number of amides is 4. The molecule has 3 aliphatic heterocycles. The fourth-order valence-corrected chi connectivity index (χ4v) is 6.50. The van der Waals surface area contributed by atoms with Gasteiger partial charge in [0.25, 0.3) is 0 Å². The number of aromatic hydroxyl groups is 1. The van der Waals surface area contributed by atoms with Crippen molar-refractivity contribution < 1.29 is 29.0 Å². The lowest BCUT2D eigenvalue weighted by Gasteiger charge is -2.36. The maximum absolute atomic E-state index is 14.3. The van der Waals surface area contributed by atoms with E-state index in [1.54, 1.807) is 28.0 Å². The van der Waals surface area contributed by atoms with Gasteiger partial charge < -0.3 is 30.3 Å². The number of phenols is 1. The van der Waals surface area contributed by atoms with Crippen LogP contribution in [0.2, 0.25) is 0 Å². The molecule has 6 atom stereocenters. The third-order valence-electron chi connectivity index (χ3n) is 8.82. The normalized spacial score (nSPS) is 25.0. The highest BCUT2D eigenvalue weighted by molar-refractivity contribution is 5.96. The number of carbonyl (C=O) groups is 4. The van der Waals surface area contributed by atoms with E-state index in [1.807, 2.05) is 46.7 Å². The van der Waals surface area contributed by atoms with Gasteiger partial charge in [-0.25, -0.2) is 0 Å². The molecule has 0 unspecified atom stereocenters. The Balaban J connectivity index is 1.69. The van der Waals surface area contributed by atoms with Crippen LogP contribution < -0.4 is 15.4 Å². The van der Waals surface area contributed by atoms with Crippen LogP contribution in [0, 0.1) is 11.8 Å². The second kappa shape index (κ2) is 13.8. The number of likely N-dealkylation sites (N-methyl/N-ethyl adjacent to an activating group) is 1. The predicted molar refractivity (Wildman–Crippen MR) is 163 cm³/mol. The summed E-state index contributed by atoms with van der Waals surface area (Å²) in [7, 11) is 3.72. The topological polar surface area (TPSA) is 132 Å². The standard InChI is InChI=1S/C32H47N5O6/c1-7-20(4)27(35(5)6)30(40)34-23(17-19(2)3)31(41)37-16-13-26-28(37)32(42)36-15-8-9-24(36)29(39)33-14-12-21-18-22(43-26)10-11-25(21)38/h10-12,14,18-20,23-24,26-28,38H,7-9,13,15-17H2,1-6H3,(H,33,39)(H,34,40)/b14-12+/t20-,23-,24-,26-,27-,28-/m0/s1. The Labute approximate surface area is 254 Å². The number of nitrogens with zero attached hydrogens (tertiary/aromatic N) is 3. The fraction of sp³-hybridized carbons (Fsp3) is 0.625. The highest BCUT2D eigenvalue weighted by Crippen LogP contribution is 2.32. The van der Waals surface area contributed by atoms with Crippen molar-refractivity contribution in [3.05, 3.63) is 30.0 Å². The zero-order chi connectivity index (χ0) is 31.4. The minimum atomic E-state index is -0.974. The molecule has 1 aromatic carbocycles. The van der Waals surface area contributed by atoms with Crippen molar-refractivity contribution in [1.82, 2.24) is 25.3 Å². The van der Waals surface area contributed by atoms with Crippen LogP contribution in [0.15, 0.2) is 24.4 Å². The van der Waals surface area contributed by atoms with Gasteiger partial charge in [-0.2, -0.15) is 0 Å². The SMILES string of the molecule is CC[C@H](C)[C@@H](C(=O)N[C@@H](CC(C)C)C(=O)N1CC[C@@H]2Oc3ccc(O)c(c3)/C=C/NC(=O)[C@@H]3CCCN3C(=O)[C@H]21)N(C)C. The average Bonchev–Trinajstić information content (AvgIpc) is 3.60. The summed E-state index contributed by atoms with van der Waals surface area (Å²) < 4.78 is 6.35. The van der Waals surface area contributed by atoms with Gasteiger partial charge in [0.05, 0.1) is 6.04 Å². The van der Waals surface area contributed by atoms with Crippen LogP contribution in [0.25, 0.3) is 6.08 Å². The third-order valence-corrected chi connectivity index (χ3v) is 8.82. The summed E-state index contributed by atoms with van der Waals surface area (Å²) in [5.41, 5.74) is 0.450. The first-order chi connectivity index (χ1) is 20.4. The average molecular weight is 598 g/mol. The number of ether oxygens (including phenoxy) is 1. The number of hydrogen-bond donors (Lipinski definition) is 3. The zero-order valence-electron chi connectivity index (χ0n) is 26.2. The molecule has 3 N–H and O–H groups in total. The number of likely N-dealkylation sites (tertiary alicyclic amines) is 1. The fourth-order valence-electron chi connectivity index (χ4n) is 6.50. The van der Waals surface area contributed by atoms with Crippen molar-refractivity contribution >= 4 is 29.7 Å². The van der Waals surface area contributed by atoms with Crippen LogP contribution in [0.4, 0.5) is 0 Å². The van der Waals surface area contributed by atoms with Crippen LogP contribution in [-0.2, 0) is 19.2 Å². The maximum Gasteiger partial charge on any atom is 0.249 e. The molecular formula is C32H47N5O6. The van der Waals surface area contributed by atoms with Crippen molar-refractivity contribution in [2.75, 3.05) is 27.2 Å². The van der Waals surface area contributed by atoms with Crippen molar-refractivity contribution in [1.29, 1.82) is 0 Å². The molecule has 0 spiro atoms. The molecule has 43 heavy (non-hydrogen) atoms. The Hall–Kier alpha value is -3.60. The van der Waals surface area contributed by atoms with Gasteiger partial charge in [0, 0.05) is 31.3 Å². The van der Waals surface area contributed by atoms with E-state index in [0.29, 0.717) is 43.5 Å². The minimum absolute atomic E-state index is 0.0201. The van der Waals surface area contributed by atoms with Crippen LogP contribution >= 0.6 is 0 Å². The van der Waals surface area contributed by atoms with Gasteiger partial charge in [-0.1, -0.05) is 34.1 Å². The number of benzene rings is 1. The molecule has 0 aromatic heterocycles. The molecule has 0 aliphatic carbocycles. The molecule has 2 bridgehead atoms. The third kappa shape index (κ3) is 7.14. The van der Waals surface area contributed by atoms with E-state index in [9.17, 15) is 24.3 Å². The van der Waals surface area contributed by atoms with Crippen LogP contribution in [0.3, 0.4) is 0 Å². The monoisotopic (exact) mass is 597 g/mol. The van der Waals surface area contributed by atoms with Crippen LogP contribution in [0.5, 0.6) is 11.5 Å². The van der Waals surface area contributed by atoms with Gasteiger partial charge in [0.1, 0.15) is 35.7 Å². The van der Waals surface area contributed by atoms with E-state index in [4.69, 9.17) is 4.74 Å². The first kappa shape index (κ1) is 32.3. The maximum atomic E-state index is 14.3. The quantitative estimate of drug-likeness (QED) is 0.419. The van der Waals surface area contributed by atoms with E-state index in [2.05, 4.69) is 10.6 Å². The molecule has 3 heterocycles. The number of phenolic OH excluding ortho intramolecular Hbond substituents is 1.